The highest BCUT2D eigenvalue weighted by molar-refractivity contribution is 7.78. The lowest BCUT2D eigenvalue weighted by Crippen LogP contribution is -2.56. The Morgan fingerprint density at radius 1 is 1.36 bits per heavy atom. The molecule has 5 rings (SSSR count). The van der Waals surface area contributed by atoms with E-state index >= 15 is 0 Å². The monoisotopic (exact) mass is 414 g/mol. The van der Waals surface area contributed by atoms with Crippen LogP contribution in [0.4, 0.5) is 14.6 Å². The fraction of sp³-hybridized carbons (Fsp3) is 0.722. The van der Waals surface area contributed by atoms with Crippen molar-refractivity contribution in [1.82, 2.24) is 9.97 Å². The van der Waals surface area contributed by atoms with E-state index in [1.54, 1.807) is 6.92 Å². The second-order valence-electron chi connectivity index (χ2n) is 7.78. The third-order valence-electron chi connectivity index (χ3n) is 6.05. The zero-order valence-corrected chi connectivity index (χ0v) is 16.3. The summed E-state index contributed by atoms with van der Waals surface area (Å²) in [5.74, 6) is -2.57. The van der Waals surface area contributed by atoms with Crippen LogP contribution in [-0.4, -0.2) is 44.4 Å². The van der Waals surface area contributed by atoms with Gasteiger partial charge in [-0.25, -0.2) is 9.97 Å². The van der Waals surface area contributed by atoms with Gasteiger partial charge in [0.15, 0.2) is 0 Å². The summed E-state index contributed by atoms with van der Waals surface area (Å²) in [6, 6.07) is 0. The van der Waals surface area contributed by atoms with Crippen molar-refractivity contribution in [2.24, 2.45) is 17.8 Å². The van der Waals surface area contributed by atoms with Gasteiger partial charge in [-0.05, 0) is 48.6 Å². The van der Waals surface area contributed by atoms with Gasteiger partial charge in [0.05, 0.1) is 12.4 Å². The Bertz CT molecular complexity index is 810. The first kappa shape index (κ1) is 19.6. The summed E-state index contributed by atoms with van der Waals surface area (Å²) in [6.45, 7) is 3.38. The van der Waals surface area contributed by atoms with E-state index in [9.17, 15) is 22.3 Å². The van der Waals surface area contributed by atoms with E-state index in [1.807, 2.05) is 4.90 Å². The summed E-state index contributed by atoms with van der Waals surface area (Å²) in [6.07, 6.45) is 1.23. The number of rotatable bonds is 6. The van der Waals surface area contributed by atoms with E-state index in [4.69, 9.17) is 4.74 Å². The second-order valence-corrected chi connectivity index (χ2v) is 8.67. The molecular formula is C18H22F2N3O4S-. The van der Waals surface area contributed by atoms with Crippen LogP contribution in [0.25, 0.3) is 0 Å². The number of carbonyl (C=O) groups excluding carboxylic acids is 1. The minimum Gasteiger partial charge on any atom is -0.772 e. The molecule has 28 heavy (non-hydrogen) atoms. The molecule has 0 amide bonds. The third kappa shape index (κ3) is 3.52. The average molecular weight is 414 g/mol. The quantitative estimate of drug-likeness (QED) is 0.518. The van der Waals surface area contributed by atoms with Gasteiger partial charge in [0, 0.05) is 31.5 Å². The number of aromatic nitrogens is 2. The molecule has 2 aliphatic heterocycles. The summed E-state index contributed by atoms with van der Waals surface area (Å²) in [5.41, 5.74) is 0.0916. The van der Waals surface area contributed by atoms with Gasteiger partial charge in [-0.1, -0.05) is 0 Å². The van der Waals surface area contributed by atoms with Crippen molar-refractivity contribution in [3.63, 3.8) is 0 Å². The molecule has 154 valence electrons. The summed E-state index contributed by atoms with van der Waals surface area (Å²) in [4.78, 5) is 22.0. The van der Waals surface area contributed by atoms with Crippen LogP contribution < -0.4 is 4.90 Å². The predicted molar refractivity (Wildman–Crippen MR) is 95.4 cm³/mol. The van der Waals surface area contributed by atoms with E-state index in [0.29, 0.717) is 37.5 Å². The minimum absolute atomic E-state index is 0.0917. The zero-order chi connectivity index (χ0) is 20.1. The summed E-state index contributed by atoms with van der Waals surface area (Å²) >= 11 is -2.45. The smallest absolute Gasteiger partial charge is 0.306 e. The van der Waals surface area contributed by atoms with Crippen LogP contribution in [0.2, 0.25) is 0 Å². The van der Waals surface area contributed by atoms with E-state index in [0.717, 1.165) is 6.42 Å². The molecular weight excluding hydrogens is 392 g/mol. The van der Waals surface area contributed by atoms with Gasteiger partial charge in [-0.15, -0.1) is 0 Å². The highest BCUT2D eigenvalue weighted by Crippen LogP contribution is 2.50. The van der Waals surface area contributed by atoms with Crippen LogP contribution in [0.3, 0.4) is 0 Å². The van der Waals surface area contributed by atoms with Gasteiger partial charge in [-0.3, -0.25) is 9.00 Å². The van der Waals surface area contributed by atoms with Crippen LogP contribution in [0.15, 0.2) is 0 Å². The first-order valence-corrected chi connectivity index (χ1v) is 10.8. The normalized spacial score (nSPS) is 28.4. The molecule has 3 unspecified atom stereocenters. The van der Waals surface area contributed by atoms with E-state index in [1.165, 1.54) is 0 Å². The van der Waals surface area contributed by atoms with E-state index in [2.05, 4.69) is 9.97 Å². The van der Waals surface area contributed by atoms with Crippen molar-refractivity contribution < 1.29 is 27.1 Å². The van der Waals surface area contributed by atoms with Crippen molar-refractivity contribution in [2.75, 3.05) is 24.6 Å². The minimum atomic E-state index is -3.06. The molecule has 0 N–H and O–H groups in total. The Morgan fingerprint density at radius 2 is 2.07 bits per heavy atom. The number of nitrogens with zero attached hydrogens (tertiary/aromatic N) is 3. The summed E-state index contributed by atoms with van der Waals surface area (Å²) < 4.78 is 55.7. The largest absolute Gasteiger partial charge is 0.772 e. The Hall–Kier alpha value is -1.68. The summed E-state index contributed by atoms with van der Waals surface area (Å²) in [5, 5.41) is 0. The first-order chi connectivity index (χ1) is 13.3. The van der Waals surface area contributed by atoms with Crippen molar-refractivity contribution in [3.05, 3.63) is 17.1 Å². The molecule has 0 spiro atoms. The molecule has 3 fully saturated rings. The van der Waals surface area contributed by atoms with Crippen LogP contribution in [0, 0.1) is 17.8 Å². The molecule has 2 bridgehead atoms. The number of hydrogen-bond donors (Lipinski definition) is 0. The molecule has 10 heteroatoms. The third-order valence-corrected chi connectivity index (χ3v) is 6.54. The van der Waals surface area contributed by atoms with Crippen molar-refractivity contribution in [2.45, 2.75) is 44.3 Å². The number of fused-ring (bicyclic) bond motifs is 3. The molecule has 3 heterocycles. The molecule has 0 aromatic carbocycles. The first-order valence-electron chi connectivity index (χ1n) is 9.53. The maximum absolute atomic E-state index is 14.3. The number of alkyl halides is 2. The standard InChI is InChI=1S/C18H23F2N3O4S/c1-2-27-15(24)6-13-10-5-11(13)8-23(7-10)17-12-3-4-18(19,20)16(12)21-14(22-17)9-28(25)26/h10-11,13H,2-9H2,1H3,(H,25,26)/p-1. The van der Waals surface area contributed by atoms with E-state index < -0.39 is 22.8 Å². The van der Waals surface area contributed by atoms with Crippen LogP contribution >= 0.6 is 0 Å². The average Bonchev–Trinajstić information content (AvgIpc) is 2.94. The Balaban J connectivity index is 1.57. The Labute approximate surface area is 164 Å². The van der Waals surface area contributed by atoms with Gasteiger partial charge in [0.2, 0.25) is 0 Å². The zero-order valence-electron chi connectivity index (χ0n) is 15.5. The molecule has 3 atom stereocenters. The van der Waals surface area contributed by atoms with Gasteiger partial charge >= 0.3 is 5.97 Å². The Kier molecular flexibility index (Phi) is 5.11. The number of carbonyl (C=O) groups is 1. The lowest BCUT2D eigenvalue weighted by atomic mass is 9.60. The van der Waals surface area contributed by atoms with Gasteiger partial charge in [-0.2, -0.15) is 8.78 Å². The van der Waals surface area contributed by atoms with E-state index in [-0.39, 0.29) is 48.1 Å². The van der Waals surface area contributed by atoms with Crippen LogP contribution in [0.1, 0.15) is 43.3 Å². The molecule has 0 radical (unpaired) electrons. The van der Waals surface area contributed by atoms with Gasteiger partial charge < -0.3 is 14.2 Å². The molecule has 2 saturated heterocycles. The number of esters is 1. The maximum atomic E-state index is 14.3. The fourth-order valence-corrected chi connectivity index (χ4v) is 5.13. The van der Waals surface area contributed by atoms with Crippen LogP contribution in [0.5, 0.6) is 0 Å². The van der Waals surface area contributed by atoms with Crippen molar-refractivity contribution in [3.8, 4) is 0 Å². The molecule has 4 aliphatic rings. The number of halogens is 2. The lowest BCUT2D eigenvalue weighted by molar-refractivity contribution is -0.147. The predicted octanol–water partition coefficient (Wildman–Crippen LogP) is 1.92. The molecule has 1 aromatic rings. The number of piperidine rings is 2. The van der Waals surface area contributed by atoms with Gasteiger partial charge in [0.25, 0.3) is 5.92 Å². The number of hydrogen-bond acceptors (Lipinski definition) is 7. The van der Waals surface area contributed by atoms with Gasteiger partial charge in [0.1, 0.15) is 17.3 Å². The molecule has 1 aromatic heterocycles. The topological polar surface area (TPSA) is 95.5 Å². The highest BCUT2D eigenvalue weighted by Gasteiger charge is 2.49. The lowest BCUT2D eigenvalue weighted by Gasteiger charge is -2.54. The molecule has 1 saturated carbocycles. The highest BCUT2D eigenvalue weighted by atomic mass is 32.2. The van der Waals surface area contributed by atoms with Crippen LogP contribution in [-0.2, 0) is 38.7 Å². The fourth-order valence-electron chi connectivity index (χ4n) is 4.79. The maximum Gasteiger partial charge on any atom is 0.306 e. The second kappa shape index (κ2) is 7.29. The summed E-state index contributed by atoms with van der Waals surface area (Å²) in [7, 11) is 0. The SMILES string of the molecule is CCOC(=O)CC1C2CC1CN(c1nc(CS(=O)[O-])nc3c1CCC3(F)F)C2. The Morgan fingerprint density at radius 3 is 2.71 bits per heavy atom. The molecule has 7 nitrogen and oxygen atoms in total. The van der Waals surface area contributed by atoms with Crippen molar-refractivity contribution >= 4 is 22.9 Å². The number of anilines is 1. The number of ether oxygens (including phenoxy) is 1. The van der Waals surface area contributed by atoms with Crippen molar-refractivity contribution in [1.29, 1.82) is 0 Å². The molecule has 2 aliphatic carbocycles.